The van der Waals surface area contributed by atoms with Crippen LogP contribution >= 0.6 is 0 Å². The highest BCUT2D eigenvalue weighted by molar-refractivity contribution is 5.90. The summed E-state index contributed by atoms with van der Waals surface area (Å²) in [5.74, 6) is 0.106. The molecule has 0 bridgehead atoms. The van der Waals surface area contributed by atoms with Gasteiger partial charge in [-0.15, -0.1) is 0 Å². The molecule has 0 atom stereocenters. The first-order valence-corrected chi connectivity index (χ1v) is 8.30. The number of nitrogens with one attached hydrogen (secondary N) is 2. The number of rotatable bonds is 5. The number of hydrogen-bond donors (Lipinski definition) is 2. The van der Waals surface area contributed by atoms with Gasteiger partial charge in [0.25, 0.3) is 0 Å². The van der Waals surface area contributed by atoms with Crippen LogP contribution < -0.4 is 15.1 Å². The number of carbonyl (C=O) groups is 1. The quantitative estimate of drug-likeness (QED) is 0.876. The molecule has 0 saturated carbocycles. The van der Waals surface area contributed by atoms with Crippen molar-refractivity contribution in [2.24, 2.45) is 0 Å². The van der Waals surface area contributed by atoms with Crippen LogP contribution in [0.2, 0.25) is 0 Å². The minimum absolute atomic E-state index is 0.106. The first-order valence-electron chi connectivity index (χ1n) is 8.30. The summed E-state index contributed by atoms with van der Waals surface area (Å²) < 4.78 is 0. The average molecular weight is 310 g/mol. The predicted molar refractivity (Wildman–Crippen MR) is 93.9 cm³/mol. The van der Waals surface area contributed by atoms with E-state index in [2.05, 4.69) is 40.5 Å². The van der Waals surface area contributed by atoms with Gasteiger partial charge in [-0.25, -0.2) is 0 Å². The number of hydrogen-bond acceptors (Lipinski definition) is 2. The summed E-state index contributed by atoms with van der Waals surface area (Å²) in [5, 5.41) is 2.95. The van der Waals surface area contributed by atoms with Gasteiger partial charge in [0.05, 0.1) is 39.1 Å². The summed E-state index contributed by atoms with van der Waals surface area (Å²) in [7, 11) is 0. The summed E-state index contributed by atoms with van der Waals surface area (Å²) >= 11 is 0. The molecule has 0 aliphatic carbocycles. The molecular formula is C19H24N3O+. The van der Waals surface area contributed by atoms with Crippen LogP contribution in [0.3, 0.4) is 0 Å². The van der Waals surface area contributed by atoms with Crippen molar-refractivity contribution in [2.75, 3.05) is 42.9 Å². The normalized spacial score (nSPS) is 15.4. The van der Waals surface area contributed by atoms with Gasteiger partial charge in [-0.05, 0) is 24.3 Å². The zero-order valence-electron chi connectivity index (χ0n) is 13.4. The molecule has 120 valence electrons. The van der Waals surface area contributed by atoms with Gasteiger partial charge in [0.2, 0.25) is 5.91 Å². The van der Waals surface area contributed by atoms with Crippen molar-refractivity contribution >= 4 is 17.3 Å². The number of anilines is 2. The zero-order valence-corrected chi connectivity index (χ0v) is 13.4. The standard InChI is InChI=1S/C19H23N3O/c23-19(20-17-7-3-1-4-8-17)11-12-21-13-15-22(16-14-21)18-9-5-2-6-10-18/h1-10H,11-16H2,(H,20,23)/p+1. The molecule has 0 aromatic heterocycles. The maximum Gasteiger partial charge on any atom is 0.230 e. The molecule has 1 fully saturated rings. The van der Waals surface area contributed by atoms with E-state index in [1.807, 2.05) is 30.3 Å². The molecule has 0 unspecified atom stereocenters. The second-order valence-electron chi connectivity index (χ2n) is 5.99. The molecule has 1 aliphatic heterocycles. The number of piperazine rings is 1. The monoisotopic (exact) mass is 310 g/mol. The lowest BCUT2D eigenvalue weighted by molar-refractivity contribution is -0.900. The third-order valence-electron chi connectivity index (χ3n) is 4.36. The van der Waals surface area contributed by atoms with E-state index in [-0.39, 0.29) is 5.91 Å². The molecular weight excluding hydrogens is 286 g/mol. The minimum atomic E-state index is 0.106. The lowest BCUT2D eigenvalue weighted by Crippen LogP contribution is -3.15. The first kappa shape index (κ1) is 15.6. The Morgan fingerprint density at radius 1 is 0.957 bits per heavy atom. The Labute approximate surface area is 137 Å². The van der Waals surface area contributed by atoms with Crippen molar-refractivity contribution in [2.45, 2.75) is 6.42 Å². The van der Waals surface area contributed by atoms with E-state index in [4.69, 9.17) is 0 Å². The van der Waals surface area contributed by atoms with Crippen LogP contribution in [0.4, 0.5) is 11.4 Å². The topological polar surface area (TPSA) is 36.8 Å². The van der Waals surface area contributed by atoms with Crippen molar-refractivity contribution < 1.29 is 9.69 Å². The fraction of sp³-hybridized carbons (Fsp3) is 0.316. The number of nitrogens with zero attached hydrogens (tertiary/aromatic N) is 1. The molecule has 1 saturated heterocycles. The van der Waals surface area contributed by atoms with Gasteiger partial charge in [0.1, 0.15) is 0 Å². The summed E-state index contributed by atoms with van der Waals surface area (Å²) in [5.41, 5.74) is 2.18. The number of carbonyl (C=O) groups excluding carboxylic acids is 1. The van der Waals surface area contributed by atoms with Gasteiger partial charge in [0.15, 0.2) is 0 Å². The van der Waals surface area contributed by atoms with E-state index in [1.54, 1.807) is 0 Å². The fourth-order valence-corrected chi connectivity index (χ4v) is 3.01. The SMILES string of the molecule is O=C(CC[NH+]1CCN(c2ccccc2)CC1)Nc1ccccc1. The Morgan fingerprint density at radius 2 is 1.57 bits per heavy atom. The molecule has 1 aliphatic rings. The molecule has 2 aromatic carbocycles. The van der Waals surface area contributed by atoms with E-state index in [9.17, 15) is 4.79 Å². The molecule has 1 heterocycles. The van der Waals surface area contributed by atoms with Crippen molar-refractivity contribution in [3.63, 3.8) is 0 Å². The number of benzene rings is 2. The summed E-state index contributed by atoms with van der Waals surface area (Å²) in [4.78, 5) is 15.9. The van der Waals surface area contributed by atoms with Crippen molar-refractivity contribution in [3.05, 3.63) is 60.7 Å². The zero-order chi connectivity index (χ0) is 15.9. The highest BCUT2D eigenvalue weighted by Crippen LogP contribution is 2.12. The predicted octanol–water partition coefficient (Wildman–Crippen LogP) is 1.42. The highest BCUT2D eigenvalue weighted by Gasteiger charge is 2.20. The minimum Gasteiger partial charge on any atom is -0.360 e. The van der Waals surface area contributed by atoms with Crippen LogP contribution in [0.15, 0.2) is 60.7 Å². The Kier molecular flexibility index (Phi) is 5.27. The molecule has 23 heavy (non-hydrogen) atoms. The number of quaternary nitrogens is 1. The summed E-state index contributed by atoms with van der Waals surface area (Å²) in [6.45, 7) is 5.20. The third kappa shape index (κ3) is 4.57. The van der Waals surface area contributed by atoms with E-state index in [1.165, 1.54) is 10.6 Å². The molecule has 2 N–H and O–H groups in total. The third-order valence-corrected chi connectivity index (χ3v) is 4.36. The molecule has 1 amide bonds. The van der Waals surface area contributed by atoms with Crippen LogP contribution in [0.5, 0.6) is 0 Å². The van der Waals surface area contributed by atoms with Gasteiger partial charge >= 0.3 is 0 Å². The van der Waals surface area contributed by atoms with Gasteiger partial charge in [-0.3, -0.25) is 4.79 Å². The van der Waals surface area contributed by atoms with Gasteiger partial charge in [-0.2, -0.15) is 0 Å². The Balaban J connectivity index is 1.40. The van der Waals surface area contributed by atoms with Crippen LogP contribution in [-0.2, 0) is 4.79 Å². The maximum absolute atomic E-state index is 12.0. The smallest absolute Gasteiger partial charge is 0.230 e. The van der Waals surface area contributed by atoms with E-state index >= 15 is 0 Å². The fourth-order valence-electron chi connectivity index (χ4n) is 3.01. The van der Waals surface area contributed by atoms with E-state index < -0.39 is 0 Å². The summed E-state index contributed by atoms with van der Waals surface area (Å²) in [6.07, 6.45) is 0.579. The Morgan fingerprint density at radius 3 is 2.22 bits per heavy atom. The van der Waals surface area contributed by atoms with Crippen LogP contribution in [0.1, 0.15) is 6.42 Å². The second-order valence-corrected chi connectivity index (χ2v) is 5.99. The molecule has 2 aromatic rings. The van der Waals surface area contributed by atoms with Crippen LogP contribution in [0.25, 0.3) is 0 Å². The van der Waals surface area contributed by atoms with Gasteiger partial charge in [-0.1, -0.05) is 36.4 Å². The van der Waals surface area contributed by atoms with Crippen molar-refractivity contribution in [1.29, 1.82) is 0 Å². The number of para-hydroxylation sites is 2. The average Bonchev–Trinajstić information content (AvgIpc) is 2.62. The molecule has 0 spiro atoms. The highest BCUT2D eigenvalue weighted by atomic mass is 16.1. The van der Waals surface area contributed by atoms with Crippen LogP contribution in [0, 0.1) is 0 Å². The van der Waals surface area contributed by atoms with E-state index in [0.29, 0.717) is 6.42 Å². The molecule has 4 heteroatoms. The van der Waals surface area contributed by atoms with Gasteiger partial charge < -0.3 is 15.1 Å². The van der Waals surface area contributed by atoms with E-state index in [0.717, 1.165) is 38.4 Å². The van der Waals surface area contributed by atoms with Gasteiger partial charge in [0, 0.05) is 11.4 Å². The second kappa shape index (κ2) is 7.79. The lowest BCUT2D eigenvalue weighted by Gasteiger charge is -2.33. The molecule has 4 nitrogen and oxygen atoms in total. The largest absolute Gasteiger partial charge is 0.360 e. The maximum atomic E-state index is 12.0. The first-order chi connectivity index (χ1) is 11.3. The lowest BCUT2D eigenvalue weighted by atomic mass is 10.2. The molecule has 3 rings (SSSR count). The molecule has 0 radical (unpaired) electrons. The summed E-state index contributed by atoms with van der Waals surface area (Å²) in [6, 6.07) is 20.2. The van der Waals surface area contributed by atoms with Crippen LogP contribution in [-0.4, -0.2) is 38.6 Å². The Hall–Kier alpha value is -2.33. The Bertz CT molecular complexity index is 607. The number of amides is 1. The van der Waals surface area contributed by atoms with Crippen molar-refractivity contribution in [3.8, 4) is 0 Å². The van der Waals surface area contributed by atoms with Crippen molar-refractivity contribution in [1.82, 2.24) is 0 Å².